The summed E-state index contributed by atoms with van der Waals surface area (Å²) in [5.41, 5.74) is 14.9. The van der Waals surface area contributed by atoms with Crippen LogP contribution < -0.4 is 11.5 Å². The van der Waals surface area contributed by atoms with Crippen molar-refractivity contribution >= 4 is 22.3 Å². The second kappa shape index (κ2) is 2.17. The van der Waals surface area contributed by atoms with Gasteiger partial charge in [0.05, 0.1) is 11.2 Å². The van der Waals surface area contributed by atoms with E-state index in [1.54, 1.807) is 6.07 Å². The van der Waals surface area contributed by atoms with Crippen molar-refractivity contribution in [2.24, 2.45) is 0 Å². The Morgan fingerprint density at radius 3 is 2.67 bits per heavy atom. The highest BCUT2D eigenvalue weighted by Gasteiger charge is 2.01. The Morgan fingerprint density at radius 1 is 1.17 bits per heavy atom. The number of hydrogen-bond donors (Lipinski definition) is 3. The summed E-state index contributed by atoms with van der Waals surface area (Å²) in [6.07, 6.45) is 0. The van der Waals surface area contributed by atoms with Crippen molar-refractivity contribution in [3.8, 4) is 0 Å². The van der Waals surface area contributed by atoms with Gasteiger partial charge in [0.15, 0.2) is 0 Å². The van der Waals surface area contributed by atoms with E-state index in [0.717, 1.165) is 16.6 Å². The maximum atomic E-state index is 5.76. The monoisotopic (exact) mass is 161 g/mol. The van der Waals surface area contributed by atoms with Gasteiger partial charge in [-0.15, -0.1) is 0 Å². The van der Waals surface area contributed by atoms with Crippen LogP contribution in [0.2, 0.25) is 0 Å². The maximum Gasteiger partial charge on any atom is 0.0691 e. The first-order valence-corrected chi connectivity index (χ1v) is 3.81. The number of rotatable bonds is 0. The highest BCUT2D eigenvalue weighted by atomic mass is 14.7. The van der Waals surface area contributed by atoms with E-state index in [1.807, 2.05) is 19.1 Å². The van der Waals surface area contributed by atoms with Crippen molar-refractivity contribution < 1.29 is 0 Å². The fraction of sp³-hybridized carbons (Fsp3) is 0.111. The maximum absolute atomic E-state index is 5.76. The molecule has 3 heteroatoms. The van der Waals surface area contributed by atoms with Crippen molar-refractivity contribution in [3.63, 3.8) is 0 Å². The molecule has 0 unspecified atom stereocenters. The molecule has 0 saturated carbocycles. The number of anilines is 2. The van der Waals surface area contributed by atoms with E-state index in [0.29, 0.717) is 11.4 Å². The lowest BCUT2D eigenvalue weighted by atomic mass is 10.2. The van der Waals surface area contributed by atoms with Crippen molar-refractivity contribution in [1.82, 2.24) is 4.98 Å². The molecule has 0 aliphatic rings. The smallest absolute Gasteiger partial charge is 0.0691 e. The van der Waals surface area contributed by atoms with Gasteiger partial charge in [-0.05, 0) is 25.1 Å². The first-order valence-electron chi connectivity index (χ1n) is 3.81. The first kappa shape index (κ1) is 7.03. The van der Waals surface area contributed by atoms with Gasteiger partial charge in [0.25, 0.3) is 0 Å². The van der Waals surface area contributed by atoms with Gasteiger partial charge in [-0.3, -0.25) is 0 Å². The third kappa shape index (κ3) is 0.906. The lowest BCUT2D eigenvalue weighted by molar-refractivity contribution is 1.30. The molecule has 3 nitrogen and oxygen atoms in total. The van der Waals surface area contributed by atoms with Crippen LogP contribution in [0.5, 0.6) is 0 Å². The van der Waals surface area contributed by atoms with Crippen LogP contribution in [-0.2, 0) is 0 Å². The molecule has 0 bridgehead atoms. The first-order chi connectivity index (χ1) is 5.66. The average molecular weight is 161 g/mol. The predicted molar refractivity (Wildman–Crippen MR) is 51.9 cm³/mol. The number of aryl methyl sites for hydroxylation is 1. The van der Waals surface area contributed by atoms with Crippen molar-refractivity contribution in [2.45, 2.75) is 6.92 Å². The fourth-order valence-corrected chi connectivity index (χ4v) is 1.44. The molecule has 0 aliphatic carbocycles. The van der Waals surface area contributed by atoms with Crippen LogP contribution in [0.4, 0.5) is 11.4 Å². The van der Waals surface area contributed by atoms with Crippen LogP contribution in [0, 0.1) is 6.92 Å². The summed E-state index contributed by atoms with van der Waals surface area (Å²) in [6.45, 7) is 2.00. The Kier molecular flexibility index (Phi) is 1.27. The summed E-state index contributed by atoms with van der Waals surface area (Å²) in [5.74, 6) is 0. The second-order valence-electron chi connectivity index (χ2n) is 3.03. The highest BCUT2D eigenvalue weighted by Crippen LogP contribution is 2.24. The Hall–Kier alpha value is -1.64. The SMILES string of the molecule is Cc1cc2cc(N)cc(N)c2[nH]1. The van der Waals surface area contributed by atoms with Gasteiger partial charge in [0, 0.05) is 16.8 Å². The van der Waals surface area contributed by atoms with E-state index < -0.39 is 0 Å². The molecular formula is C9H11N3. The number of H-pyrrole nitrogens is 1. The zero-order chi connectivity index (χ0) is 8.72. The van der Waals surface area contributed by atoms with Gasteiger partial charge in [-0.2, -0.15) is 0 Å². The van der Waals surface area contributed by atoms with Gasteiger partial charge < -0.3 is 16.5 Å². The minimum absolute atomic E-state index is 0.707. The molecule has 1 aromatic carbocycles. The molecule has 12 heavy (non-hydrogen) atoms. The van der Waals surface area contributed by atoms with Crippen molar-refractivity contribution in [1.29, 1.82) is 0 Å². The summed E-state index contributed by atoms with van der Waals surface area (Å²) in [7, 11) is 0. The van der Waals surface area contributed by atoms with Crippen LogP contribution >= 0.6 is 0 Å². The minimum atomic E-state index is 0.707. The number of benzene rings is 1. The molecule has 0 aliphatic heterocycles. The zero-order valence-corrected chi connectivity index (χ0v) is 6.89. The summed E-state index contributed by atoms with van der Waals surface area (Å²) in [5, 5.41) is 1.07. The minimum Gasteiger partial charge on any atom is -0.399 e. The molecule has 62 valence electrons. The Labute approximate surface area is 70.4 Å². The molecule has 1 aromatic heterocycles. The summed E-state index contributed by atoms with van der Waals surface area (Å²) >= 11 is 0. The fourth-order valence-electron chi connectivity index (χ4n) is 1.44. The largest absolute Gasteiger partial charge is 0.399 e. The van der Waals surface area contributed by atoms with Crippen LogP contribution in [0.25, 0.3) is 10.9 Å². The van der Waals surface area contributed by atoms with Crippen LogP contribution in [0.3, 0.4) is 0 Å². The van der Waals surface area contributed by atoms with Gasteiger partial charge in [0.1, 0.15) is 0 Å². The molecular weight excluding hydrogens is 150 g/mol. The quantitative estimate of drug-likeness (QED) is 0.514. The molecule has 2 rings (SSSR count). The summed E-state index contributed by atoms with van der Waals surface area (Å²) in [4.78, 5) is 3.17. The molecule has 0 radical (unpaired) electrons. The number of aromatic nitrogens is 1. The van der Waals surface area contributed by atoms with E-state index in [1.165, 1.54) is 0 Å². The van der Waals surface area contributed by atoms with Gasteiger partial charge >= 0.3 is 0 Å². The molecule has 5 N–H and O–H groups in total. The number of hydrogen-bond acceptors (Lipinski definition) is 2. The number of aromatic amines is 1. The van der Waals surface area contributed by atoms with Gasteiger partial charge in [-0.1, -0.05) is 0 Å². The van der Waals surface area contributed by atoms with Gasteiger partial charge in [0.2, 0.25) is 0 Å². The third-order valence-corrected chi connectivity index (χ3v) is 1.92. The van der Waals surface area contributed by atoms with Crippen LogP contribution in [-0.4, -0.2) is 4.98 Å². The van der Waals surface area contributed by atoms with Crippen LogP contribution in [0.1, 0.15) is 5.69 Å². The van der Waals surface area contributed by atoms with E-state index in [-0.39, 0.29) is 0 Å². The lowest BCUT2D eigenvalue weighted by Gasteiger charge is -1.97. The average Bonchev–Trinajstić information content (AvgIpc) is 2.29. The third-order valence-electron chi connectivity index (χ3n) is 1.92. The Balaban J connectivity index is 2.88. The number of fused-ring (bicyclic) bond motifs is 1. The standard InChI is InChI=1S/C9H11N3/c1-5-2-6-3-7(10)4-8(11)9(6)12-5/h2-4,12H,10-11H2,1H3. The summed E-state index contributed by atoms with van der Waals surface area (Å²) in [6, 6.07) is 5.70. The van der Waals surface area contributed by atoms with E-state index >= 15 is 0 Å². The Bertz CT molecular complexity index is 429. The summed E-state index contributed by atoms with van der Waals surface area (Å²) < 4.78 is 0. The molecule has 2 aromatic rings. The number of nitrogen functional groups attached to an aromatic ring is 2. The molecule has 0 spiro atoms. The van der Waals surface area contributed by atoms with Gasteiger partial charge in [-0.25, -0.2) is 0 Å². The normalized spacial score (nSPS) is 10.8. The van der Waals surface area contributed by atoms with E-state index in [2.05, 4.69) is 4.98 Å². The predicted octanol–water partition coefficient (Wildman–Crippen LogP) is 1.64. The molecule has 1 heterocycles. The zero-order valence-electron chi connectivity index (χ0n) is 6.89. The molecule has 0 atom stereocenters. The second-order valence-corrected chi connectivity index (χ2v) is 3.03. The number of nitrogens with one attached hydrogen (secondary N) is 1. The number of nitrogens with two attached hydrogens (primary N) is 2. The van der Waals surface area contributed by atoms with E-state index in [4.69, 9.17) is 11.5 Å². The van der Waals surface area contributed by atoms with Crippen molar-refractivity contribution in [2.75, 3.05) is 11.5 Å². The topological polar surface area (TPSA) is 67.8 Å². The molecule has 0 fully saturated rings. The highest BCUT2D eigenvalue weighted by molar-refractivity contribution is 5.93. The van der Waals surface area contributed by atoms with Crippen molar-refractivity contribution in [3.05, 3.63) is 23.9 Å². The molecule has 0 amide bonds. The lowest BCUT2D eigenvalue weighted by Crippen LogP contribution is -1.90. The van der Waals surface area contributed by atoms with E-state index in [9.17, 15) is 0 Å². The van der Waals surface area contributed by atoms with Crippen LogP contribution in [0.15, 0.2) is 18.2 Å². The Morgan fingerprint density at radius 2 is 1.92 bits per heavy atom. The molecule has 0 saturated heterocycles.